The van der Waals surface area contributed by atoms with Gasteiger partial charge in [-0.1, -0.05) is 47.0 Å². The van der Waals surface area contributed by atoms with Crippen molar-refractivity contribution in [1.82, 2.24) is 0 Å². The van der Waals surface area contributed by atoms with Crippen molar-refractivity contribution in [3.63, 3.8) is 0 Å². The Labute approximate surface area is 142 Å². The van der Waals surface area contributed by atoms with Crippen molar-refractivity contribution in [1.29, 1.82) is 0 Å². The lowest BCUT2D eigenvalue weighted by atomic mass is 10.2. The molecule has 0 aliphatic carbocycles. The molecule has 2 N–H and O–H groups in total. The molecule has 0 atom stereocenters. The van der Waals surface area contributed by atoms with Crippen LogP contribution in [0, 0.1) is 0 Å². The van der Waals surface area contributed by atoms with Gasteiger partial charge in [-0.05, 0) is 18.2 Å². The van der Waals surface area contributed by atoms with Gasteiger partial charge in [-0.15, -0.1) is 0 Å². The molecule has 0 spiro atoms. The number of thiocarbonyl (C=S) groups is 1. The molecule has 21 heavy (non-hydrogen) atoms. The summed E-state index contributed by atoms with van der Waals surface area (Å²) >= 11 is 22.9. The molecule has 0 amide bonds. The summed E-state index contributed by atoms with van der Waals surface area (Å²) in [6, 6.07) is 8.13. The third-order valence-electron chi connectivity index (χ3n) is 2.65. The number of rotatable bonds is 4. The molecule has 0 aromatic heterocycles. The molecule has 0 heterocycles. The number of hydrogen-bond acceptors (Lipinski definition) is 3. The van der Waals surface area contributed by atoms with Crippen molar-refractivity contribution < 1.29 is 9.47 Å². The lowest BCUT2D eigenvalue weighted by Gasteiger charge is -2.13. The normalized spacial score (nSPS) is 10.3. The Hall–Kier alpha value is -1.20. The maximum absolute atomic E-state index is 6.09. The summed E-state index contributed by atoms with van der Waals surface area (Å²) in [5, 5.41) is 0.992. The average Bonchev–Trinajstić information content (AvgIpc) is 2.44. The first-order valence-corrected chi connectivity index (χ1v) is 7.27. The number of nitrogens with two attached hydrogens (primary N) is 1. The van der Waals surface area contributed by atoms with Gasteiger partial charge in [-0.2, -0.15) is 0 Å². The summed E-state index contributed by atoms with van der Waals surface area (Å²) in [5.41, 5.74) is 6.25. The maximum atomic E-state index is 6.09. The van der Waals surface area contributed by atoms with Crippen LogP contribution in [0.15, 0.2) is 30.3 Å². The van der Waals surface area contributed by atoms with Crippen molar-refractivity contribution in [2.24, 2.45) is 5.73 Å². The van der Waals surface area contributed by atoms with Gasteiger partial charge < -0.3 is 15.2 Å². The fourth-order valence-corrected chi connectivity index (χ4v) is 2.36. The van der Waals surface area contributed by atoms with Gasteiger partial charge in [-0.3, -0.25) is 0 Å². The first-order valence-electron chi connectivity index (χ1n) is 5.72. The van der Waals surface area contributed by atoms with Crippen molar-refractivity contribution >= 4 is 52.0 Å². The first kappa shape index (κ1) is 16.2. The molecule has 0 saturated heterocycles. The molecule has 2 aromatic rings. The van der Waals surface area contributed by atoms with Gasteiger partial charge in [0.15, 0.2) is 0 Å². The SMILES string of the molecule is COc1ccc(C(N)=S)c(Oc2cc(Cl)c(Cl)cc2Cl)c1. The average molecular weight is 363 g/mol. The Morgan fingerprint density at radius 2 is 1.67 bits per heavy atom. The van der Waals surface area contributed by atoms with Crippen LogP contribution < -0.4 is 15.2 Å². The summed E-state index contributed by atoms with van der Waals surface area (Å²) in [6.07, 6.45) is 0. The summed E-state index contributed by atoms with van der Waals surface area (Å²) in [4.78, 5) is 0.198. The van der Waals surface area contributed by atoms with Gasteiger partial charge in [0.1, 0.15) is 22.2 Å². The van der Waals surface area contributed by atoms with E-state index in [9.17, 15) is 0 Å². The largest absolute Gasteiger partial charge is 0.497 e. The van der Waals surface area contributed by atoms with Crippen LogP contribution in [0.25, 0.3) is 0 Å². The van der Waals surface area contributed by atoms with E-state index in [1.807, 2.05) is 0 Å². The van der Waals surface area contributed by atoms with E-state index in [2.05, 4.69) is 0 Å². The van der Waals surface area contributed by atoms with Crippen molar-refractivity contribution in [2.75, 3.05) is 7.11 Å². The van der Waals surface area contributed by atoms with Gasteiger partial charge in [0.25, 0.3) is 0 Å². The second-order valence-corrected chi connectivity index (χ2v) is 5.69. The highest BCUT2D eigenvalue weighted by Crippen LogP contribution is 2.38. The molecule has 0 radical (unpaired) electrons. The van der Waals surface area contributed by atoms with Crippen LogP contribution in [0.5, 0.6) is 17.2 Å². The first-order chi connectivity index (χ1) is 9.92. The van der Waals surface area contributed by atoms with Crippen LogP contribution in [-0.4, -0.2) is 12.1 Å². The molecule has 0 saturated carbocycles. The summed E-state index contributed by atoms with van der Waals surface area (Å²) < 4.78 is 10.9. The van der Waals surface area contributed by atoms with E-state index in [0.717, 1.165) is 0 Å². The summed E-state index contributed by atoms with van der Waals surface area (Å²) in [7, 11) is 1.55. The topological polar surface area (TPSA) is 44.5 Å². The number of halogens is 3. The van der Waals surface area contributed by atoms with E-state index in [4.69, 9.17) is 62.2 Å². The smallest absolute Gasteiger partial charge is 0.147 e. The number of methoxy groups -OCH3 is 1. The fourth-order valence-electron chi connectivity index (χ4n) is 1.62. The third kappa shape index (κ3) is 3.71. The Balaban J connectivity index is 2.47. The molecular weight excluding hydrogens is 353 g/mol. The zero-order chi connectivity index (χ0) is 15.6. The van der Waals surface area contributed by atoms with E-state index in [-0.39, 0.29) is 4.99 Å². The Morgan fingerprint density at radius 3 is 2.29 bits per heavy atom. The van der Waals surface area contributed by atoms with E-state index in [1.165, 1.54) is 12.1 Å². The minimum absolute atomic E-state index is 0.198. The molecule has 7 heteroatoms. The monoisotopic (exact) mass is 361 g/mol. The second kappa shape index (κ2) is 6.71. The molecule has 2 rings (SSSR count). The van der Waals surface area contributed by atoms with Gasteiger partial charge >= 0.3 is 0 Å². The molecular formula is C14H10Cl3NO2S. The van der Waals surface area contributed by atoms with Crippen LogP contribution in [-0.2, 0) is 0 Å². The predicted octanol–water partition coefficient (Wildman–Crippen LogP) is 5.08. The zero-order valence-corrected chi connectivity index (χ0v) is 13.9. The van der Waals surface area contributed by atoms with E-state index in [1.54, 1.807) is 25.3 Å². The molecule has 0 aliphatic heterocycles. The maximum Gasteiger partial charge on any atom is 0.147 e. The molecule has 0 aliphatic rings. The predicted molar refractivity (Wildman–Crippen MR) is 90.4 cm³/mol. The highest BCUT2D eigenvalue weighted by atomic mass is 35.5. The standard InChI is InChI=1S/C14H10Cl3NO2S/c1-19-7-2-3-8(14(18)21)12(4-7)20-13-6-10(16)9(15)5-11(13)17/h2-6H,1H3,(H2,18,21). The van der Waals surface area contributed by atoms with E-state index >= 15 is 0 Å². The van der Waals surface area contributed by atoms with Crippen molar-refractivity contribution in [3.8, 4) is 17.2 Å². The van der Waals surface area contributed by atoms with Crippen LogP contribution in [0.2, 0.25) is 15.1 Å². The Kier molecular flexibility index (Phi) is 5.17. The fraction of sp³-hybridized carbons (Fsp3) is 0.0714. The van der Waals surface area contributed by atoms with Gasteiger partial charge in [0.05, 0.1) is 27.7 Å². The van der Waals surface area contributed by atoms with Crippen LogP contribution >= 0.6 is 47.0 Å². The number of benzene rings is 2. The minimum atomic E-state index is 0.198. The van der Waals surface area contributed by atoms with Crippen LogP contribution in [0.3, 0.4) is 0 Å². The van der Waals surface area contributed by atoms with Crippen molar-refractivity contribution in [2.45, 2.75) is 0 Å². The van der Waals surface area contributed by atoms with Gasteiger partial charge in [-0.25, -0.2) is 0 Å². The number of hydrogen-bond donors (Lipinski definition) is 1. The third-order valence-corrected chi connectivity index (χ3v) is 3.89. The molecule has 2 aromatic carbocycles. The molecule has 110 valence electrons. The highest BCUT2D eigenvalue weighted by molar-refractivity contribution is 7.80. The van der Waals surface area contributed by atoms with E-state index < -0.39 is 0 Å². The summed E-state index contributed by atoms with van der Waals surface area (Å²) in [6.45, 7) is 0. The zero-order valence-electron chi connectivity index (χ0n) is 10.8. The quantitative estimate of drug-likeness (QED) is 0.608. The van der Waals surface area contributed by atoms with Gasteiger partial charge in [0, 0.05) is 12.1 Å². The van der Waals surface area contributed by atoms with E-state index in [0.29, 0.717) is 37.9 Å². The molecule has 3 nitrogen and oxygen atoms in total. The van der Waals surface area contributed by atoms with Crippen LogP contribution in [0.4, 0.5) is 0 Å². The lowest BCUT2D eigenvalue weighted by molar-refractivity contribution is 0.409. The van der Waals surface area contributed by atoms with Crippen molar-refractivity contribution in [3.05, 3.63) is 51.0 Å². The van der Waals surface area contributed by atoms with Crippen LogP contribution in [0.1, 0.15) is 5.56 Å². The lowest BCUT2D eigenvalue weighted by Crippen LogP contribution is -2.10. The highest BCUT2D eigenvalue weighted by Gasteiger charge is 2.13. The molecule has 0 fully saturated rings. The Morgan fingerprint density at radius 1 is 1.00 bits per heavy atom. The second-order valence-electron chi connectivity index (χ2n) is 4.03. The summed E-state index contributed by atoms with van der Waals surface area (Å²) in [5.74, 6) is 1.36. The Bertz CT molecular complexity index is 707. The minimum Gasteiger partial charge on any atom is -0.497 e. The molecule has 0 bridgehead atoms. The molecule has 0 unspecified atom stereocenters. The number of ether oxygens (including phenoxy) is 2. The van der Waals surface area contributed by atoms with Gasteiger partial charge in [0.2, 0.25) is 0 Å².